The molecular weight excluding hydrogens is 569 g/mol. The highest BCUT2D eigenvalue weighted by molar-refractivity contribution is 7.92. The number of sulfonamides is 1. The van der Waals surface area contributed by atoms with Crippen molar-refractivity contribution in [1.29, 1.82) is 0 Å². The minimum atomic E-state index is -4.20. The summed E-state index contributed by atoms with van der Waals surface area (Å²) < 4.78 is 70.7. The number of aromatic nitrogens is 3. The van der Waals surface area contributed by atoms with Crippen molar-refractivity contribution in [2.24, 2.45) is 5.92 Å². The topological polar surface area (TPSA) is 109 Å². The lowest BCUT2D eigenvalue weighted by molar-refractivity contribution is -0.122. The van der Waals surface area contributed by atoms with Gasteiger partial charge in [-0.15, -0.1) is 0 Å². The number of alkyl halides is 2. The van der Waals surface area contributed by atoms with Gasteiger partial charge >= 0.3 is 0 Å². The van der Waals surface area contributed by atoms with Crippen molar-refractivity contribution in [3.8, 4) is 11.1 Å². The van der Waals surface area contributed by atoms with Crippen molar-refractivity contribution in [3.05, 3.63) is 46.6 Å². The summed E-state index contributed by atoms with van der Waals surface area (Å²) in [5.41, 5.74) is 0.140. The maximum Gasteiger partial charge on any atom is 0.260 e. The van der Waals surface area contributed by atoms with E-state index in [1.807, 2.05) is 13.8 Å². The summed E-state index contributed by atoms with van der Waals surface area (Å²) in [7, 11) is -0.0142. The molecule has 0 saturated heterocycles. The van der Waals surface area contributed by atoms with Gasteiger partial charge in [0.2, 0.25) is 16.0 Å². The first kappa shape index (κ1) is 30.3. The van der Waals surface area contributed by atoms with Crippen LogP contribution < -0.4 is 15.6 Å². The minimum Gasteiger partial charge on any atom is -0.351 e. The van der Waals surface area contributed by atoms with Gasteiger partial charge in [-0.25, -0.2) is 26.6 Å². The van der Waals surface area contributed by atoms with E-state index in [-0.39, 0.29) is 47.3 Å². The average Bonchev–Trinajstić information content (AvgIpc) is 2.92. The molecule has 1 aromatic carbocycles. The number of nitrogens with one attached hydrogen (secondary N) is 2. The van der Waals surface area contributed by atoms with E-state index >= 15 is 4.39 Å². The summed E-state index contributed by atoms with van der Waals surface area (Å²) in [6, 6.07) is 5.81. The molecule has 2 fully saturated rings. The quantitative estimate of drug-likeness (QED) is 0.343. The van der Waals surface area contributed by atoms with Crippen molar-refractivity contribution < 1.29 is 21.6 Å². The van der Waals surface area contributed by atoms with Crippen LogP contribution in [0, 0.1) is 11.7 Å². The van der Waals surface area contributed by atoms with Crippen molar-refractivity contribution in [2.75, 3.05) is 29.9 Å². The lowest BCUT2D eigenvalue weighted by Gasteiger charge is -2.35. The number of benzene rings is 1. The van der Waals surface area contributed by atoms with Crippen LogP contribution in [0.15, 0.2) is 35.3 Å². The fourth-order valence-electron chi connectivity index (χ4n) is 5.81. The van der Waals surface area contributed by atoms with Crippen LogP contribution in [0.1, 0.15) is 58.4 Å². The highest BCUT2D eigenvalue weighted by Crippen LogP contribution is 2.44. The predicted molar refractivity (Wildman–Crippen MR) is 158 cm³/mol. The molecule has 0 spiro atoms. The molecule has 2 aliphatic carbocycles. The largest absolute Gasteiger partial charge is 0.351 e. The molecule has 2 N–H and O–H groups in total. The van der Waals surface area contributed by atoms with Gasteiger partial charge in [0.15, 0.2) is 0 Å². The van der Waals surface area contributed by atoms with Gasteiger partial charge in [0.05, 0.1) is 11.4 Å². The van der Waals surface area contributed by atoms with Gasteiger partial charge < -0.3 is 10.2 Å². The zero-order chi connectivity index (χ0) is 30.4. The molecule has 1 unspecified atom stereocenters. The van der Waals surface area contributed by atoms with Crippen molar-refractivity contribution in [3.63, 3.8) is 0 Å². The Kier molecular flexibility index (Phi) is 8.27. The van der Waals surface area contributed by atoms with E-state index in [9.17, 15) is 22.0 Å². The molecule has 0 radical (unpaired) electrons. The Morgan fingerprint density at radius 1 is 1.12 bits per heavy atom. The summed E-state index contributed by atoms with van der Waals surface area (Å²) in [6.45, 7) is 3.71. The highest BCUT2D eigenvalue weighted by Gasteiger charge is 2.50. The first-order valence-corrected chi connectivity index (χ1v) is 15.9. The van der Waals surface area contributed by atoms with Crippen LogP contribution in [0.25, 0.3) is 22.2 Å². The number of anilines is 2. The molecule has 2 aliphatic rings. The standard InChI is InChI=1S/C29H37F3N6O3S/c1-17(2)38-26-19(15-33-28(35-26)34-21-6-8-22(9-7-21)37(3)4)13-23(27(38)39)18-5-10-25(24(30)14-18)36-42(40,41)16-20-11-12-29(20,31)32/h5,10,13-15,17,20-22,36H,6-9,11-12,16H2,1-4H3,(H,33,34,35)/t20?,21-,22-. The molecule has 0 amide bonds. The van der Waals surface area contributed by atoms with Crippen LogP contribution in [-0.2, 0) is 10.0 Å². The second-order valence-electron chi connectivity index (χ2n) is 12.0. The van der Waals surface area contributed by atoms with Gasteiger partial charge in [-0.05, 0) is 83.8 Å². The van der Waals surface area contributed by atoms with Gasteiger partial charge in [0.25, 0.3) is 11.5 Å². The van der Waals surface area contributed by atoms with Crippen LogP contribution >= 0.6 is 0 Å². The lowest BCUT2D eigenvalue weighted by atomic mass is 9.82. The molecule has 0 bridgehead atoms. The lowest BCUT2D eigenvalue weighted by Crippen LogP contribution is -2.43. The third-order valence-electron chi connectivity index (χ3n) is 8.44. The summed E-state index contributed by atoms with van der Waals surface area (Å²) in [6.07, 6.45) is 5.51. The third-order valence-corrected chi connectivity index (χ3v) is 9.81. The third kappa shape index (κ3) is 6.26. The minimum absolute atomic E-state index is 0.0957. The van der Waals surface area contributed by atoms with E-state index in [1.54, 1.807) is 12.3 Å². The molecular formula is C29H37F3N6O3S. The Hall–Kier alpha value is -3.19. The molecule has 2 aromatic heterocycles. The fraction of sp³-hybridized carbons (Fsp3) is 0.552. The van der Waals surface area contributed by atoms with Gasteiger partial charge in [0.1, 0.15) is 11.5 Å². The molecule has 5 rings (SSSR count). The van der Waals surface area contributed by atoms with Crippen LogP contribution in [0.4, 0.5) is 24.8 Å². The predicted octanol–water partition coefficient (Wildman–Crippen LogP) is 5.25. The molecule has 13 heteroatoms. The first-order valence-electron chi connectivity index (χ1n) is 14.3. The maximum absolute atomic E-state index is 15.1. The van der Waals surface area contributed by atoms with E-state index < -0.39 is 33.4 Å². The molecule has 9 nitrogen and oxygen atoms in total. The van der Waals surface area contributed by atoms with Crippen molar-refractivity contribution in [1.82, 2.24) is 19.4 Å². The van der Waals surface area contributed by atoms with Gasteiger partial charge in [0, 0.05) is 47.6 Å². The van der Waals surface area contributed by atoms with E-state index in [2.05, 4.69) is 39.0 Å². The molecule has 0 aliphatic heterocycles. The molecule has 2 heterocycles. The number of hydrogen-bond donors (Lipinski definition) is 2. The summed E-state index contributed by atoms with van der Waals surface area (Å²) in [5.74, 6) is -5.60. The van der Waals surface area contributed by atoms with Crippen LogP contribution in [0.2, 0.25) is 0 Å². The van der Waals surface area contributed by atoms with E-state index in [1.165, 1.54) is 16.7 Å². The Morgan fingerprint density at radius 3 is 2.40 bits per heavy atom. The fourth-order valence-corrected chi connectivity index (χ4v) is 7.33. The summed E-state index contributed by atoms with van der Waals surface area (Å²) in [4.78, 5) is 25.1. The van der Waals surface area contributed by atoms with Gasteiger partial charge in [-0.2, -0.15) is 4.98 Å². The van der Waals surface area contributed by atoms with Crippen LogP contribution in [-0.4, -0.2) is 65.7 Å². The number of pyridine rings is 1. The summed E-state index contributed by atoms with van der Waals surface area (Å²) >= 11 is 0. The molecule has 228 valence electrons. The molecule has 2 saturated carbocycles. The van der Waals surface area contributed by atoms with Crippen molar-refractivity contribution >= 4 is 32.7 Å². The van der Waals surface area contributed by atoms with E-state index in [4.69, 9.17) is 0 Å². The smallest absolute Gasteiger partial charge is 0.260 e. The molecule has 1 atom stereocenters. The highest BCUT2D eigenvalue weighted by atomic mass is 32.2. The monoisotopic (exact) mass is 606 g/mol. The summed E-state index contributed by atoms with van der Waals surface area (Å²) in [5, 5.41) is 4.01. The Morgan fingerprint density at radius 2 is 1.83 bits per heavy atom. The number of nitrogens with zero attached hydrogens (tertiary/aromatic N) is 4. The normalized spacial score (nSPS) is 22.4. The second-order valence-corrected chi connectivity index (χ2v) is 13.8. The zero-order valence-corrected chi connectivity index (χ0v) is 25.0. The number of rotatable bonds is 9. The number of hydrogen-bond acceptors (Lipinski definition) is 7. The molecule has 42 heavy (non-hydrogen) atoms. The Labute approximate surface area is 243 Å². The number of halogens is 3. The maximum atomic E-state index is 15.1. The van der Waals surface area contributed by atoms with E-state index in [0.717, 1.165) is 31.7 Å². The average molecular weight is 607 g/mol. The van der Waals surface area contributed by atoms with Crippen LogP contribution in [0.5, 0.6) is 0 Å². The van der Waals surface area contributed by atoms with Gasteiger partial charge in [-0.3, -0.25) is 14.1 Å². The Bertz CT molecular complexity index is 1640. The van der Waals surface area contributed by atoms with E-state index in [0.29, 0.717) is 23.0 Å². The number of fused-ring (bicyclic) bond motifs is 1. The Balaban J connectivity index is 1.40. The van der Waals surface area contributed by atoms with Gasteiger partial charge in [-0.1, -0.05) is 6.07 Å². The second kappa shape index (κ2) is 11.5. The van der Waals surface area contributed by atoms with Crippen molar-refractivity contribution in [2.45, 2.75) is 76.4 Å². The molecule has 3 aromatic rings. The first-order chi connectivity index (χ1) is 19.7. The SMILES string of the molecule is CC(C)n1c(=O)c(-c2ccc(NS(=O)(=O)CC3CCC3(F)F)c(F)c2)cc2cnc(N[C@H]3CC[C@H](N(C)C)CC3)nc21. The zero-order valence-electron chi connectivity index (χ0n) is 24.2. The van der Waals surface area contributed by atoms with Crippen LogP contribution in [0.3, 0.4) is 0 Å².